The molecule has 0 radical (unpaired) electrons. The molecule has 1 atom stereocenters. The number of ether oxygens (including phenoxy) is 1. The number of aliphatic hydroxyl groups excluding tert-OH is 1. The first-order chi connectivity index (χ1) is 11.1. The summed E-state index contributed by atoms with van der Waals surface area (Å²) in [6, 6.07) is 17.8. The standard InChI is InChI=1S/C18H20O4S/c19-17(11-13-22-15-16-7-3-1-4-8-16)12-14-23(20,21)18-9-5-2-6-10-18/h1-10,12,14,17,19H,11,13,15H2/b14-12+/t17-/m0/s1. The van der Waals surface area contributed by atoms with E-state index in [0.717, 1.165) is 11.0 Å². The molecule has 0 amide bonds. The lowest BCUT2D eigenvalue weighted by molar-refractivity contribution is 0.0883. The smallest absolute Gasteiger partial charge is 0.199 e. The molecule has 0 bridgehead atoms. The number of hydrogen-bond acceptors (Lipinski definition) is 4. The molecule has 5 heteroatoms. The van der Waals surface area contributed by atoms with Crippen molar-refractivity contribution < 1.29 is 18.3 Å². The Hall–Kier alpha value is -1.95. The molecule has 4 nitrogen and oxygen atoms in total. The molecule has 0 aliphatic heterocycles. The van der Waals surface area contributed by atoms with Gasteiger partial charge in [0.2, 0.25) is 0 Å². The number of hydrogen-bond donors (Lipinski definition) is 1. The van der Waals surface area contributed by atoms with Crippen molar-refractivity contribution in [2.24, 2.45) is 0 Å². The third-order valence-electron chi connectivity index (χ3n) is 3.22. The second-order valence-electron chi connectivity index (χ2n) is 5.08. The Balaban J connectivity index is 1.77. The molecule has 122 valence electrons. The van der Waals surface area contributed by atoms with Crippen LogP contribution in [0.4, 0.5) is 0 Å². The van der Waals surface area contributed by atoms with Crippen molar-refractivity contribution in [2.45, 2.75) is 24.0 Å². The first kappa shape index (κ1) is 17.4. The van der Waals surface area contributed by atoms with Crippen LogP contribution in [0.15, 0.2) is 77.0 Å². The summed E-state index contributed by atoms with van der Waals surface area (Å²) in [5, 5.41) is 10.9. The van der Waals surface area contributed by atoms with E-state index in [0.29, 0.717) is 19.6 Å². The van der Waals surface area contributed by atoms with Gasteiger partial charge in [0.15, 0.2) is 9.84 Å². The topological polar surface area (TPSA) is 63.6 Å². The second kappa shape index (κ2) is 8.62. The van der Waals surface area contributed by atoms with Crippen LogP contribution in [-0.4, -0.2) is 26.2 Å². The predicted octanol–water partition coefficient (Wildman–Crippen LogP) is 2.94. The maximum absolute atomic E-state index is 12.0. The van der Waals surface area contributed by atoms with Crippen LogP contribution in [0.2, 0.25) is 0 Å². The van der Waals surface area contributed by atoms with Crippen LogP contribution in [0.3, 0.4) is 0 Å². The first-order valence-electron chi connectivity index (χ1n) is 7.36. The van der Waals surface area contributed by atoms with Gasteiger partial charge in [-0.2, -0.15) is 0 Å². The zero-order valence-corrected chi connectivity index (χ0v) is 13.5. The fourth-order valence-corrected chi connectivity index (χ4v) is 3.03. The molecule has 0 aromatic heterocycles. The quantitative estimate of drug-likeness (QED) is 0.755. The van der Waals surface area contributed by atoms with Gasteiger partial charge in [-0.05, 0) is 23.8 Å². The fourth-order valence-electron chi connectivity index (χ4n) is 1.95. The van der Waals surface area contributed by atoms with Crippen LogP contribution in [-0.2, 0) is 21.2 Å². The third-order valence-corrected chi connectivity index (χ3v) is 4.67. The number of benzene rings is 2. The first-order valence-corrected chi connectivity index (χ1v) is 8.90. The molecular weight excluding hydrogens is 312 g/mol. The summed E-state index contributed by atoms with van der Waals surface area (Å²) in [4.78, 5) is 0.212. The van der Waals surface area contributed by atoms with E-state index in [1.54, 1.807) is 18.2 Å². The average Bonchev–Trinajstić information content (AvgIpc) is 2.59. The van der Waals surface area contributed by atoms with E-state index in [2.05, 4.69) is 0 Å². The van der Waals surface area contributed by atoms with Gasteiger partial charge in [-0.25, -0.2) is 8.42 Å². The number of sulfone groups is 1. The van der Waals surface area contributed by atoms with Gasteiger partial charge in [0, 0.05) is 18.4 Å². The van der Waals surface area contributed by atoms with Crippen molar-refractivity contribution in [3.63, 3.8) is 0 Å². The highest BCUT2D eigenvalue weighted by molar-refractivity contribution is 7.94. The van der Waals surface area contributed by atoms with Crippen LogP contribution in [0.25, 0.3) is 0 Å². The maximum atomic E-state index is 12.0. The minimum absolute atomic E-state index is 0.212. The molecule has 0 saturated carbocycles. The van der Waals surface area contributed by atoms with Gasteiger partial charge in [-0.3, -0.25) is 0 Å². The number of rotatable bonds is 8. The molecule has 0 heterocycles. The maximum Gasteiger partial charge on any atom is 0.199 e. The Bertz CT molecular complexity index is 709. The van der Waals surface area contributed by atoms with Crippen molar-refractivity contribution in [1.29, 1.82) is 0 Å². The summed E-state index contributed by atoms with van der Waals surface area (Å²) in [6.07, 6.45) is 0.770. The van der Waals surface area contributed by atoms with Gasteiger partial charge in [0.25, 0.3) is 0 Å². The van der Waals surface area contributed by atoms with Crippen molar-refractivity contribution in [3.8, 4) is 0 Å². The summed E-state index contributed by atoms with van der Waals surface area (Å²) in [5.74, 6) is 0. The monoisotopic (exact) mass is 332 g/mol. The largest absolute Gasteiger partial charge is 0.389 e. The Morgan fingerprint density at radius 1 is 1.00 bits per heavy atom. The Morgan fingerprint density at radius 2 is 1.61 bits per heavy atom. The van der Waals surface area contributed by atoms with Crippen LogP contribution in [0.1, 0.15) is 12.0 Å². The molecule has 2 aromatic rings. The van der Waals surface area contributed by atoms with Crippen molar-refractivity contribution in [1.82, 2.24) is 0 Å². The van der Waals surface area contributed by atoms with Crippen LogP contribution in [0.5, 0.6) is 0 Å². The second-order valence-corrected chi connectivity index (χ2v) is 6.91. The lowest BCUT2D eigenvalue weighted by Gasteiger charge is -2.07. The third kappa shape index (κ3) is 5.98. The molecule has 0 fully saturated rings. The molecule has 23 heavy (non-hydrogen) atoms. The number of aliphatic hydroxyl groups is 1. The van der Waals surface area contributed by atoms with Gasteiger partial charge in [0.05, 0.1) is 17.6 Å². The van der Waals surface area contributed by atoms with Crippen molar-refractivity contribution >= 4 is 9.84 Å². The lowest BCUT2D eigenvalue weighted by Crippen LogP contribution is -2.08. The molecule has 0 aliphatic carbocycles. The molecule has 0 saturated heterocycles. The Labute approximate surface area is 137 Å². The Kier molecular flexibility index (Phi) is 6.52. The highest BCUT2D eigenvalue weighted by Crippen LogP contribution is 2.12. The summed E-state index contributed by atoms with van der Waals surface area (Å²) < 4.78 is 29.5. The highest BCUT2D eigenvalue weighted by atomic mass is 32.2. The average molecular weight is 332 g/mol. The molecule has 0 spiro atoms. The van der Waals surface area contributed by atoms with Crippen molar-refractivity contribution in [3.05, 3.63) is 77.7 Å². The highest BCUT2D eigenvalue weighted by Gasteiger charge is 2.10. The van der Waals surface area contributed by atoms with Gasteiger partial charge in [-0.1, -0.05) is 48.5 Å². The minimum atomic E-state index is -3.51. The van der Waals surface area contributed by atoms with E-state index in [1.807, 2.05) is 30.3 Å². The van der Waals surface area contributed by atoms with E-state index in [1.165, 1.54) is 18.2 Å². The van der Waals surface area contributed by atoms with Crippen molar-refractivity contribution in [2.75, 3.05) is 6.61 Å². The zero-order valence-electron chi connectivity index (χ0n) is 12.7. The normalized spacial score (nSPS) is 13.3. The zero-order chi connectivity index (χ0) is 16.5. The van der Waals surface area contributed by atoms with E-state index in [4.69, 9.17) is 4.74 Å². The van der Waals surface area contributed by atoms with Crippen LogP contribution >= 0.6 is 0 Å². The predicted molar refractivity (Wildman–Crippen MR) is 89.5 cm³/mol. The molecule has 0 unspecified atom stereocenters. The van der Waals surface area contributed by atoms with Gasteiger partial charge in [-0.15, -0.1) is 0 Å². The van der Waals surface area contributed by atoms with E-state index >= 15 is 0 Å². The minimum Gasteiger partial charge on any atom is -0.389 e. The molecule has 2 aromatic carbocycles. The fraction of sp³-hybridized carbons (Fsp3) is 0.222. The Morgan fingerprint density at radius 3 is 2.26 bits per heavy atom. The summed E-state index contributed by atoms with van der Waals surface area (Å²) >= 11 is 0. The van der Waals surface area contributed by atoms with Gasteiger partial charge < -0.3 is 9.84 Å². The summed E-state index contributed by atoms with van der Waals surface area (Å²) in [5.41, 5.74) is 1.06. The van der Waals surface area contributed by atoms with Crippen LogP contribution in [0, 0.1) is 0 Å². The van der Waals surface area contributed by atoms with E-state index in [-0.39, 0.29) is 4.90 Å². The molecule has 2 rings (SSSR count). The van der Waals surface area contributed by atoms with Crippen LogP contribution < -0.4 is 0 Å². The summed E-state index contributed by atoms with van der Waals surface area (Å²) in [7, 11) is -3.51. The lowest BCUT2D eigenvalue weighted by atomic mass is 10.2. The van der Waals surface area contributed by atoms with E-state index in [9.17, 15) is 13.5 Å². The van der Waals surface area contributed by atoms with Gasteiger partial charge >= 0.3 is 0 Å². The molecular formula is C18H20O4S. The van der Waals surface area contributed by atoms with E-state index < -0.39 is 15.9 Å². The summed E-state index contributed by atoms with van der Waals surface area (Å²) in [6.45, 7) is 0.825. The molecule has 0 aliphatic rings. The van der Waals surface area contributed by atoms with Gasteiger partial charge in [0.1, 0.15) is 0 Å². The molecule has 1 N–H and O–H groups in total. The SMILES string of the molecule is O=S(=O)(/C=C/[C@@H](O)CCOCc1ccccc1)c1ccccc1.